The van der Waals surface area contributed by atoms with E-state index in [1.54, 1.807) is 31.4 Å². The minimum absolute atomic E-state index is 0.156. The molecule has 6 nitrogen and oxygen atoms in total. The lowest BCUT2D eigenvalue weighted by molar-refractivity contribution is -0.133. The zero-order chi connectivity index (χ0) is 14.7. The van der Waals surface area contributed by atoms with Gasteiger partial charge in [0, 0.05) is 18.9 Å². The van der Waals surface area contributed by atoms with Crippen molar-refractivity contribution >= 4 is 41.0 Å². The highest BCUT2D eigenvalue weighted by atomic mass is 32.1. The summed E-state index contributed by atoms with van der Waals surface area (Å²) < 4.78 is 5.02. The lowest BCUT2D eigenvalue weighted by atomic mass is 10.1. The van der Waals surface area contributed by atoms with Gasteiger partial charge >= 0.3 is 0 Å². The van der Waals surface area contributed by atoms with E-state index in [0.717, 1.165) is 0 Å². The molecule has 1 N–H and O–H groups in total. The standard InChI is InChI=1S/C13H13N3O3S/c1-16-12(18)10(7-14-13(16)20)11(17)15-8-3-5-9(19-2)6-4-8/h3-7,10H,1-2H3,(H,15,17). The Bertz CT molecular complexity index is 583. The largest absolute Gasteiger partial charge is 0.497 e. The average Bonchev–Trinajstić information content (AvgIpc) is 2.45. The number of thiocarbonyl (C=S) groups is 1. The topological polar surface area (TPSA) is 71.0 Å². The maximum Gasteiger partial charge on any atom is 0.246 e. The molecule has 20 heavy (non-hydrogen) atoms. The fraction of sp³-hybridized carbons (Fsp3) is 0.231. The number of aliphatic imine (C=N–C) groups is 1. The summed E-state index contributed by atoms with van der Waals surface area (Å²) in [5.74, 6) is -1.12. The van der Waals surface area contributed by atoms with E-state index in [0.29, 0.717) is 11.4 Å². The molecule has 1 unspecified atom stereocenters. The van der Waals surface area contributed by atoms with Crippen molar-refractivity contribution in [1.82, 2.24) is 4.90 Å². The number of nitrogens with one attached hydrogen (secondary N) is 1. The van der Waals surface area contributed by atoms with E-state index < -0.39 is 17.7 Å². The third kappa shape index (κ3) is 2.83. The first-order valence-corrected chi connectivity index (χ1v) is 6.24. The SMILES string of the molecule is COc1ccc(NC(=O)C2C=NC(=S)N(C)C2=O)cc1. The van der Waals surface area contributed by atoms with Crippen LogP contribution in [0.4, 0.5) is 5.69 Å². The molecule has 1 aromatic carbocycles. The molecule has 2 amide bonds. The number of carbonyl (C=O) groups is 2. The molecule has 0 saturated heterocycles. The van der Waals surface area contributed by atoms with Crippen molar-refractivity contribution in [1.29, 1.82) is 0 Å². The number of anilines is 1. The number of nitrogens with zero attached hydrogens (tertiary/aromatic N) is 2. The van der Waals surface area contributed by atoms with Crippen molar-refractivity contribution in [3.63, 3.8) is 0 Å². The van der Waals surface area contributed by atoms with E-state index in [1.165, 1.54) is 18.2 Å². The number of benzene rings is 1. The van der Waals surface area contributed by atoms with Gasteiger partial charge < -0.3 is 10.1 Å². The Morgan fingerprint density at radius 3 is 2.65 bits per heavy atom. The van der Waals surface area contributed by atoms with Crippen molar-refractivity contribution in [3.05, 3.63) is 24.3 Å². The fourth-order valence-corrected chi connectivity index (χ4v) is 1.82. The predicted molar refractivity (Wildman–Crippen MR) is 79.0 cm³/mol. The molecule has 0 fully saturated rings. The molecule has 1 heterocycles. The van der Waals surface area contributed by atoms with Gasteiger partial charge in [0.2, 0.25) is 16.9 Å². The van der Waals surface area contributed by atoms with Crippen LogP contribution in [-0.2, 0) is 9.59 Å². The second-order valence-electron chi connectivity index (χ2n) is 4.15. The minimum atomic E-state index is -0.964. The van der Waals surface area contributed by atoms with Crippen LogP contribution in [0.3, 0.4) is 0 Å². The maximum atomic E-state index is 12.1. The molecule has 1 aliphatic rings. The number of hydrogen-bond donors (Lipinski definition) is 1. The van der Waals surface area contributed by atoms with Gasteiger partial charge in [0.05, 0.1) is 7.11 Å². The highest BCUT2D eigenvalue weighted by Gasteiger charge is 2.32. The van der Waals surface area contributed by atoms with Gasteiger partial charge in [0.1, 0.15) is 5.75 Å². The molecule has 7 heteroatoms. The van der Waals surface area contributed by atoms with Gasteiger partial charge in [-0.05, 0) is 36.5 Å². The normalized spacial score (nSPS) is 18.1. The van der Waals surface area contributed by atoms with Gasteiger partial charge in [0.25, 0.3) is 0 Å². The number of carbonyl (C=O) groups excluding carboxylic acids is 2. The van der Waals surface area contributed by atoms with Gasteiger partial charge in [-0.25, -0.2) is 4.99 Å². The highest BCUT2D eigenvalue weighted by molar-refractivity contribution is 7.80. The van der Waals surface area contributed by atoms with Crippen LogP contribution in [0.2, 0.25) is 0 Å². The summed E-state index contributed by atoms with van der Waals surface area (Å²) in [6.07, 6.45) is 1.27. The van der Waals surface area contributed by atoms with E-state index in [9.17, 15) is 9.59 Å². The lowest BCUT2D eigenvalue weighted by Crippen LogP contribution is -2.45. The molecule has 104 valence electrons. The van der Waals surface area contributed by atoms with Gasteiger partial charge in [-0.1, -0.05) is 0 Å². The number of hydrogen-bond acceptors (Lipinski definition) is 4. The first kappa shape index (κ1) is 14.1. The molecule has 0 spiro atoms. The Hall–Kier alpha value is -2.28. The fourth-order valence-electron chi connectivity index (χ4n) is 1.67. The first-order valence-electron chi connectivity index (χ1n) is 5.83. The van der Waals surface area contributed by atoms with Gasteiger partial charge in [0.15, 0.2) is 5.92 Å². The number of methoxy groups -OCH3 is 1. The van der Waals surface area contributed by atoms with Crippen LogP contribution >= 0.6 is 12.2 Å². The zero-order valence-corrected chi connectivity index (χ0v) is 11.8. The Kier molecular flexibility index (Phi) is 4.09. The summed E-state index contributed by atoms with van der Waals surface area (Å²) in [7, 11) is 3.05. The third-order valence-electron chi connectivity index (χ3n) is 2.86. The summed E-state index contributed by atoms with van der Waals surface area (Å²) in [5.41, 5.74) is 0.577. The Morgan fingerprint density at radius 1 is 1.40 bits per heavy atom. The molecular weight excluding hydrogens is 278 g/mol. The minimum Gasteiger partial charge on any atom is -0.497 e. The maximum absolute atomic E-state index is 12.1. The molecule has 1 atom stereocenters. The second-order valence-corrected chi connectivity index (χ2v) is 4.52. The van der Waals surface area contributed by atoms with E-state index >= 15 is 0 Å². The van der Waals surface area contributed by atoms with Crippen LogP contribution in [0.1, 0.15) is 0 Å². The van der Waals surface area contributed by atoms with E-state index in [2.05, 4.69) is 10.3 Å². The second kappa shape index (κ2) is 5.79. The van der Waals surface area contributed by atoms with Crippen molar-refractivity contribution in [2.24, 2.45) is 10.9 Å². The number of amides is 2. The van der Waals surface area contributed by atoms with E-state index in [-0.39, 0.29) is 5.11 Å². The van der Waals surface area contributed by atoms with Crippen molar-refractivity contribution in [2.75, 3.05) is 19.5 Å². The number of ether oxygens (including phenoxy) is 1. The monoisotopic (exact) mass is 291 g/mol. The predicted octanol–water partition coefficient (Wildman–Crippen LogP) is 1.08. The quantitative estimate of drug-likeness (QED) is 0.668. The number of rotatable bonds is 3. The average molecular weight is 291 g/mol. The van der Waals surface area contributed by atoms with Crippen LogP contribution < -0.4 is 10.1 Å². The van der Waals surface area contributed by atoms with Crippen molar-refractivity contribution in [2.45, 2.75) is 0 Å². The Labute approximate surface area is 121 Å². The van der Waals surface area contributed by atoms with Gasteiger partial charge in [-0.2, -0.15) is 0 Å². The van der Waals surface area contributed by atoms with Crippen LogP contribution in [0.5, 0.6) is 5.75 Å². The van der Waals surface area contributed by atoms with Gasteiger partial charge in [-0.15, -0.1) is 0 Å². The first-order chi connectivity index (χ1) is 9.52. The summed E-state index contributed by atoms with van der Waals surface area (Å²) in [6.45, 7) is 0. The van der Waals surface area contributed by atoms with Crippen molar-refractivity contribution in [3.8, 4) is 5.75 Å². The molecule has 1 aliphatic heterocycles. The van der Waals surface area contributed by atoms with E-state index in [1.807, 2.05) is 0 Å². The molecule has 0 radical (unpaired) electrons. The molecule has 0 aliphatic carbocycles. The molecular formula is C13H13N3O3S. The van der Waals surface area contributed by atoms with Gasteiger partial charge in [-0.3, -0.25) is 14.5 Å². The van der Waals surface area contributed by atoms with E-state index in [4.69, 9.17) is 17.0 Å². The van der Waals surface area contributed by atoms with Crippen LogP contribution in [0, 0.1) is 5.92 Å². The summed E-state index contributed by atoms with van der Waals surface area (Å²) in [5, 5.41) is 2.81. The molecule has 1 aromatic rings. The molecule has 0 aromatic heterocycles. The highest BCUT2D eigenvalue weighted by Crippen LogP contribution is 2.16. The third-order valence-corrected chi connectivity index (χ3v) is 3.24. The molecule has 2 rings (SSSR count). The Balaban J connectivity index is 2.09. The summed E-state index contributed by atoms with van der Waals surface area (Å²) in [4.78, 5) is 29.0. The molecule has 0 bridgehead atoms. The summed E-state index contributed by atoms with van der Waals surface area (Å²) >= 11 is 4.86. The van der Waals surface area contributed by atoms with Crippen LogP contribution in [-0.4, -0.2) is 42.2 Å². The van der Waals surface area contributed by atoms with Crippen LogP contribution in [0.15, 0.2) is 29.3 Å². The van der Waals surface area contributed by atoms with Crippen LogP contribution in [0.25, 0.3) is 0 Å². The molecule has 0 saturated carbocycles. The van der Waals surface area contributed by atoms with Crippen molar-refractivity contribution < 1.29 is 14.3 Å². The zero-order valence-electron chi connectivity index (χ0n) is 11.0. The summed E-state index contributed by atoms with van der Waals surface area (Å²) in [6, 6.07) is 6.81. The Morgan fingerprint density at radius 2 is 2.05 bits per heavy atom. The lowest BCUT2D eigenvalue weighted by Gasteiger charge is -2.23. The smallest absolute Gasteiger partial charge is 0.246 e.